The van der Waals surface area contributed by atoms with E-state index in [1.807, 2.05) is 6.07 Å². The molecule has 1 saturated heterocycles. The number of hydrogen-bond acceptors (Lipinski definition) is 3. The molecule has 1 aliphatic heterocycles. The molecule has 1 heterocycles. The maximum absolute atomic E-state index is 13.8. The number of halogens is 2. The molecule has 0 aromatic heterocycles. The van der Waals surface area contributed by atoms with Gasteiger partial charge in [-0.3, -0.25) is 4.79 Å². The first-order valence-electron chi connectivity index (χ1n) is 8.13. The lowest BCUT2D eigenvalue weighted by molar-refractivity contribution is 0.0688. The van der Waals surface area contributed by atoms with E-state index in [2.05, 4.69) is 0 Å². The fraction of sp³-hybridized carbons (Fsp3) is 0.278. The average molecular weight is 380 g/mol. The largest absolute Gasteiger partial charge is 0.336 e. The minimum absolute atomic E-state index is 0.0840. The molecule has 3 rings (SSSR count). The number of carbonyl (C=O) groups excluding carboxylic acids is 1. The Balaban J connectivity index is 1.66. The quantitative estimate of drug-likeness (QED) is 0.818. The molecule has 8 heteroatoms. The second-order valence-electron chi connectivity index (χ2n) is 6.03. The van der Waals surface area contributed by atoms with Crippen LogP contribution in [0.2, 0.25) is 0 Å². The van der Waals surface area contributed by atoms with Crippen molar-refractivity contribution in [3.8, 4) is 0 Å². The zero-order chi connectivity index (χ0) is 18.7. The van der Waals surface area contributed by atoms with Crippen molar-refractivity contribution < 1.29 is 22.0 Å². The third kappa shape index (κ3) is 3.91. The highest BCUT2D eigenvalue weighted by atomic mass is 32.2. The molecule has 138 valence electrons. The fourth-order valence-electron chi connectivity index (χ4n) is 2.91. The Morgan fingerprint density at radius 1 is 0.885 bits per heavy atom. The van der Waals surface area contributed by atoms with Crippen molar-refractivity contribution in [3.63, 3.8) is 0 Å². The number of piperazine rings is 1. The molecule has 0 unspecified atom stereocenters. The van der Waals surface area contributed by atoms with E-state index >= 15 is 0 Å². The van der Waals surface area contributed by atoms with Gasteiger partial charge in [0.1, 0.15) is 17.2 Å². The van der Waals surface area contributed by atoms with Crippen molar-refractivity contribution in [2.24, 2.45) is 0 Å². The van der Waals surface area contributed by atoms with E-state index in [9.17, 15) is 22.0 Å². The summed E-state index contributed by atoms with van der Waals surface area (Å²) in [4.78, 5) is 13.6. The highest BCUT2D eigenvalue weighted by Crippen LogP contribution is 2.18. The van der Waals surface area contributed by atoms with Crippen LogP contribution in [0.1, 0.15) is 15.9 Å². The van der Waals surface area contributed by atoms with Crippen LogP contribution in [0.15, 0.2) is 48.5 Å². The van der Waals surface area contributed by atoms with E-state index in [-0.39, 0.29) is 31.9 Å². The number of carbonyl (C=O) groups is 1. The van der Waals surface area contributed by atoms with Gasteiger partial charge in [-0.05, 0) is 17.7 Å². The van der Waals surface area contributed by atoms with Crippen molar-refractivity contribution in [2.45, 2.75) is 5.75 Å². The van der Waals surface area contributed by atoms with Gasteiger partial charge in [-0.2, -0.15) is 4.31 Å². The van der Waals surface area contributed by atoms with E-state index in [1.165, 1.54) is 15.3 Å². The van der Waals surface area contributed by atoms with Gasteiger partial charge in [-0.25, -0.2) is 17.2 Å². The molecule has 0 saturated carbocycles. The van der Waals surface area contributed by atoms with Crippen LogP contribution in [0.4, 0.5) is 8.78 Å². The summed E-state index contributed by atoms with van der Waals surface area (Å²) in [5, 5.41) is 0. The van der Waals surface area contributed by atoms with Gasteiger partial charge in [0.05, 0.1) is 5.75 Å². The second-order valence-corrected chi connectivity index (χ2v) is 8.00. The lowest BCUT2D eigenvalue weighted by Gasteiger charge is -2.34. The van der Waals surface area contributed by atoms with Crippen molar-refractivity contribution in [1.29, 1.82) is 0 Å². The Hall–Kier alpha value is -2.32. The first-order chi connectivity index (χ1) is 12.4. The summed E-state index contributed by atoms with van der Waals surface area (Å²) in [7, 11) is -3.52. The Kier molecular flexibility index (Phi) is 5.33. The number of hydrogen-bond donors (Lipinski definition) is 0. The Morgan fingerprint density at radius 2 is 1.46 bits per heavy atom. The van der Waals surface area contributed by atoms with Crippen molar-refractivity contribution in [3.05, 3.63) is 71.3 Å². The molecule has 1 amide bonds. The number of sulfonamides is 1. The molecule has 0 N–H and O–H groups in total. The first kappa shape index (κ1) is 18.5. The Morgan fingerprint density at radius 3 is 2.04 bits per heavy atom. The number of rotatable bonds is 4. The van der Waals surface area contributed by atoms with E-state index < -0.39 is 33.1 Å². The van der Waals surface area contributed by atoms with Crippen LogP contribution in [0.3, 0.4) is 0 Å². The normalized spacial score (nSPS) is 15.8. The molecular formula is C18H18F2N2O3S. The summed E-state index contributed by atoms with van der Waals surface area (Å²) in [6.07, 6.45) is 0. The molecule has 2 aromatic rings. The number of nitrogens with zero attached hydrogens (tertiary/aromatic N) is 2. The number of amides is 1. The molecule has 0 bridgehead atoms. The van der Waals surface area contributed by atoms with Crippen LogP contribution in [-0.4, -0.2) is 49.7 Å². The van der Waals surface area contributed by atoms with Gasteiger partial charge in [0.15, 0.2) is 0 Å². The van der Waals surface area contributed by atoms with E-state index in [4.69, 9.17) is 0 Å². The SMILES string of the molecule is O=C(c1c(F)cccc1F)N1CCN(S(=O)(=O)Cc2ccccc2)CC1. The molecule has 1 fully saturated rings. The minimum atomic E-state index is -3.52. The summed E-state index contributed by atoms with van der Waals surface area (Å²) in [6, 6.07) is 12.1. The summed E-state index contributed by atoms with van der Waals surface area (Å²) >= 11 is 0. The topological polar surface area (TPSA) is 57.7 Å². The van der Waals surface area contributed by atoms with Gasteiger partial charge < -0.3 is 4.90 Å². The second kappa shape index (κ2) is 7.51. The van der Waals surface area contributed by atoms with Crippen LogP contribution in [-0.2, 0) is 15.8 Å². The van der Waals surface area contributed by atoms with Crippen LogP contribution in [0.5, 0.6) is 0 Å². The monoisotopic (exact) mass is 380 g/mol. The lowest BCUT2D eigenvalue weighted by atomic mass is 10.1. The van der Waals surface area contributed by atoms with Crippen molar-refractivity contribution in [2.75, 3.05) is 26.2 Å². The molecule has 0 aliphatic carbocycles. The zero-order valence-electron chi connectivity index (χ0n) is 13.9. The predicted molar refractivity (Wildman–Crippen MR) is 92.9 cm³/mol. The van der Waals surface area contributed by atoms with E-state index in [0.29, 0.717) is 5.56 Å². The summed E-state index contributed by atoms with van der Waals surface area (Å²) in [5.74, 6) is -2.73. The van der Waals surface area contributed by atoms with E-state index in [1.54, 1.807) is 24.3 Å². The standard InChI is InChI=1S/C18H18F2N2O3S/c19-15-7-4-8-16(20)17(15)18(23)21-9-11-22(12-10-21)26(24,25)13-14-5-2-1-3-6-14/h1-8H,9-13H2. The van der Waals surface area contributed by atoms with Crippen molar-refractivity contribution >= 4 is 15.9 Å². The maximum atomic E-state index is 13.8. The molecule has 26 heavy (non-hydrogen) atoms. The minimum Gasteiger partial charge on any atom is -0.336 e. The molecule has 1 aliphatic rings. The molecule has 0 radical (unpaired) electrons. The highest BCUT2D eigenvalue weighted by Gasteiger charge is 2.31. The van der Waals surface area contributed by atoms with Gasteiger partial charge in [-0.1, -0.05) is 36.4 Å². The van der Waals surface area contributed by atoms with Crippen LogP contribution in [0, 0.1) is 11.6 Å². The van der Waals surface area contributed by atoms with Crippen LogP contribution < -0.4 is 0 Å². The third-order valence-corrected chi connectivity index (χ3v) is 6.14. The maximum Gasteiger partial charge on any atom is 0.259 e. The molecule has 5 nitrogen and oxygen atoms in total. The molecule has 0 spiro atoms. The predicted octanol–water partition coefficient (Wildman–Crippen LogP) is 2.25. The van der Waals surface area contributed by atoms with Gasteiger partial charge in [0, 0.05) is 26.2 Å². The average Bonchev–Trinajstić information content (AvgIpc) is 2.62. The summed E-state index contributed by atoms with van der Waals surface area (Å²) in [5.41, 5.74) is 0.0764. The van der Waals surface area contributed by atoms with Gasteiger partial charge in [0.25, 0.3) is 5.91 Å². The third-order valence-electron chi connectivity index (χ3n) is 4.29. The Bertz CT molecular complexity index is 876. The van der Waals surface area contributed by atoms with Gasteiger partial charge in [0.2, 0.25) is 10.0 Å². The summed E-state index contributed by atoms with van der Waals surface area (Å²) in [6.45, 7) is 0.356. The highest BCUT2D eigenvalue weighted by molar-refractivity contribution is 7.88. The molecule has 0 atom stereocenters. The molecular weight excluding hydrogens is 362 g/mol. The summed E-state index contributed by atoms with van der Waals surface area (Å²) < 4.78 is 53.9. The Labute approximate surface area is 150 Å². The van der Waals surface area contributed by atoms with Gasteiger partial charge in [-0.15, -0.1) is 0 Å². The van der Waals surface area contributed by atoms with E-state index in [0.717, 1.165) is 12.1 Å². The number of benzene rings is 2. The van der Waals surface area contributed by atoms with Gasteiger partial charge >= 0.3 is 0 Å². The van der Waals surface area contributed by atoms with Crippen LogP contribution >= 0.6 is 0 Å². The smallest absolute Gasteiger partial charge is 0.259 e. The fourth-order valence-corrected chi connectivity index (χ4v) is 4.42. The van der Waals surface area contributed by atoms with Crippen LogP contribution in [0.25, 0.3) is 0 Å². The lowest BCUT2D eigenvalue weighted by Crippen LogP contribution is -2.51. The van der Waals surface area contributed by atoms with Crippen molar-refractivity contribution in [1.82, 2.24) is 9.21 Å². The zero-order valence-corrected chi connectivity index (χ0v) is 14.8. The molecule has 2 aromatic carbocycles. The first-order valence-corrected chi connectivity index (χ1v) is 9.74.